The number of hydrogen-bond donors (Lipinski definition) is 1. The molecule has 222 valence electrons. The normalized spacial score (nSPS) is 20.2. The van der Waals surface area contributed by atoms with Gasteiger partial charge in [0, 0.05) is 49.0 Å². The van der Waals surface area contributed by atoms with E-state index in [0.717, 1.165) is 32.0 Å². The van der Waals surface area contributed by atoms with Crippen molar-refractivity contribution in [3.8, 4) is 0 Å². The largest absolute Gasteiger partial charge is 0.416 e. The highest BCUT2D eigenvalue weighted by Crippen LogP contribution is 2.39. The predicted octanol–water partition coefficient (Wildman–Crippen LogP) is 7.81. The Morgan fingerprint density at radius 3 is 2.26 bits per heavy atom. The number of halogens is 3. The molecule has 0 aromatic heterocycles. The van der Waals surface area contributed by atoms with Gasteiger partial charge in [-0.15, -0.1) is 0 Å². The van der Waals surface area contributed by atoms with E-state index in [1.807, 2.05) is 6.07 Å². The summed E-state index contributed by atoms with van der Waals surface area (Å²) in [5.41, 5.74) is 1.61. The Bertz CT molecular complexity index is 1400. The highest BCUT2D eigenvalue weighted by Gasteiger charge is 2.38. The van der Waals surface area contributed by atoms with E-state index in [-0.39, 0.29) is 23.1 Å². The van der Waals surface area contributed by atoms with Gasteiger partial charge in [-0.05, 0) is 80.0 Å². The fourth-order valence-corrected chi connectivity index (χ4v) is 6.85. The van der Waals surface area contributed by atoms with Crippen molar-refractivity contribution in [3.63, 3.8) is 0 Å². The lowest BCUT2D eigenvalue weighted by Crippen LogP contribution is -2.52. The van der Waals surface area contributed by atoms with Gasteiger partial charge in [-0.2, -0.15) is 13.2 Å². The molecule has 42 heavy (non-hydrogen) atoms. The van der Waals surface area contributed by atoms with Crippen LogP contribution < -0.4 is 10.2 Å². The SMILES string of the molecule is CC(=O)Nc1cccc(N(C(=O)c2cccc(C(F)(F)F)c2C)C2CCN(C3CCCCC3c3ccccc3)CC2)c1. The number of nitrogens with one attached hydrogen (secondary N) is 1. The Labute approximate surface area is 245 Å². The molecular formula is C34H38F3N3O2. The Morgan fingerprint density at radius 1 is 0.881 bits per heavy atom. The van der Waals surface area contributed by atoms with E-state index >= 15 is 0 Å². The first kappa shape index (κ1) is 29.8. The maximum atomic E-state index is 14.2. The lowest BCUT2D eigenvalue weighted by molar-refractivity contribution is -0.138. The smallest absolute Gasteiger partial charge is 0.326 e. The Balaban J connectivity index is 1.43. The van der Waals surface area contributed by atoms with Crippen LogP contribution in [0.15, 0.2) is 72.8 Å². The number of alkyl halides is 3. The average molecular weight is 578 g/mol. The van der Waals surface area contributed by atoms with E-state index in [1.165, 1.54) is 44.4 Å². The summed E-state index contributed by atoms with van der Waals surface area (Å²) >= 11 is 0. The van der Waals surface area contributed by atoms with E-state index in [0.29, 0.717) is 36.2 Å². The lowest BCUT2D eigenvalue weighted by atomic mass is 9.78. The van der Waals surface area contributed by atoms with Crippen molar-refractivity contribution in [1.82, 2.24) is 4.90 Å². The molecule has 5 nitrogen and oxygen atoms in total. The topological polar surface area (TPSA) is 52.7 Å². The quantitative estimate of drug-likeness (QED) is 0.325. The maximum Gasteiger partial charge on any atom is 0.416 e. The summed E-state index contributed by atoms with van der Waals surface area (Å²) in [6.07, 6.45) is 1.55. The van der Waals surface area contributed by atoms with Gasteiger partial charge < -0.3 is 10.2 Å². The highest BCUT2D eigenvalue weighted by atomic mass is 19.4. The number of anilines is 2. The summed E-state index contributed by atoms with van der Waals surface area (Å²) in [5, 5.41) is 2.76. The molecule has 0 radical (unpaired) electrons. The maximum absolute atomic E-state index is 14.2. The zero-order valence-electron chi connectivity index (χ0n) is 24.2. The Kier molecular flexibility index (Phi) is 9.02. The van der Waals surface area contributed by atoms with Crippen LogP contribution in [0.4, 0.5) is 24.5 Å². The monoisotopic (exact) mass is 577 g/mol. The minimum absolute atomic E-state index is 0.0357. The van der Waals surface area contributed by atoms with Gasteiger partial charge in [-0.1, -0.05) is 55.3 Å². The molecule has 2 amide bonds. The number of hydrogen-bond acceptors (Lipinski definition) is 3. The third-order valence-electron chi connectivity index (χ3n) is 8.82. The van der Waals surface area contributed by atoms with Gasteiger partial charge in [0.05, 0.1) is 5.56 Å². The molecule has 8 heteroatoms. The molecule has 2 atom stereocenters. The van der Waals surface area contributed by atoms with Gasteiger partial charge in [0.25, 0.3) is 5.91 Å². The van der Waals surface area contributed by atoms with Crippen molar-refractivity contribution in [2.45, 2.75) is 76.6 Å². The number of piperidine rings is 1. The predicted molar refractivity (Wildman–Crippen MR) is 160 cm³/mol. The zero-order chi connectivity index (χ0) is 29.9. The molecule has 1 heterocycles. The van der Waals surface area contributed by atoms with E-state index in [2.05, 4.69) is 34.5 Å². The Morgan fingerprint density at radius 2 is 1.57 bits per heavy atom. The van der Waals surface area contributed by atoms with Crippen LogP contribution in [0, 0.1) is 6.92 Å². The van der Waals surface area contributed by atoms with Crippen LogP contribution in [0.3, 0.4) is 0 Å². The van der Waals surface area contributed by atoms with Gasteiger partial charge in [0.1, 0.15) is 0 Å². The standard InChI is InChI=1S/C34H38F3N3O2/c1-23-29(15-9-16-31(23)34(35,36)37)33(42)40(28-13-8-12-26(22-28)38-24(2)41)27-18-20-39(21-19-27)32-17-7-6-14-30(32)25-10-4-3-5-11-25/h3-5,8-13,15-16,22,27,30,32H,6-7,14,17-21H2,1-2H3,(H,38,41). The van der Waals surface area contributed by atoms with Gasteiger partial charge in [-0.25, -0.2) is 0 Å². The van der Waals surface area contributed by atoms with Crippen molar-refractivity contribution >= 4 is 23.2 Å². The molecule has 0 spiro atoms. The molecule has 3 aromatic rings. The second-order valence-electron chi connectivity index (χ2n) is 11.5. The van der Waals surface area contributed by atoms with Crippen LogP contribution in [-0.4, -0.2) is 41.9 Å². The van der Waals surface area contributed by atoms with E-state index in [9.17, 15) is 22.8 Å². The highest BCUT2D eigenvalue weighted by molar-refractivity contribution is 6.08. The molecule has 5 rings (SSSR count). The summed E-state index contributed by atoms with van der Waals surface area (Å²) in [7, 11) is 0. The summed E-state index contributed by atoms with van der Waals surface area (Å²) in [6, 6.07) is 21.7. The number of rotatable bonds is 6. The molecule has 1 saturated heterocycles. The molecular weight excluding hydrogens is 539 g/mol. The zero-order valence-corrected chi connectivity index (χ0v) is 24.2. The molecule has 1 N–H and O–H groups in total. The molecule has 1 aliphatic carbocycles. The average Bonchev–Trinajstić information content (AvgIpc) is 2.97. The first-order chi connectivity index (χ1) is 20.1. The fraction of sp³-hybridized carbons (Fsp3) is 0.412. The lowest BCUT2D eigenvalue weighted by Gasteiger charge is -2.45. The van der Waals surface area contributed by atoms with Crippen LogP contribution >= 0.6 is 0 Å². The number of benzene rings is 3. The molecule has 1 saturated carbocycles. The minimum Gasteiger partial charge on any atom is -0.326 e. The van der Waals surface area contributed by atoms with Crippen molar-refractivity contribution in [2.75, 3.05) is 23.3 Å². The first-order valence-corrected chi connectivity index (χ1v) is 14.8. The van der Waals surface area contributed by atoms with Crippen molar-refractivity contribution in [3.05, 3.63) is 95.1 Å². The van der Waals surface area contributed by atoms with Gasteiger partial charge >= 0.3 is 6.18 Å². The van der Waals surface area contributed by atoms with Crippen molar-refractivity contribution in [2.24, 2.45) is 0 Å². The number of nitrogens with zero attached hydrogens (tertiary/aromatic N) is 2. The third kappa shape index (κ3) is 6.54. The van der Waals surface area contributed by atoms with Crippen LogP contribution in [0.2, 0.25) is 0 Å². The van der Waals surface area contributed by atoms with Gasteiger partial charge in [0.15, 0.2) is 0 Å². The van der Waals surface area contributed by atoms with E-state index in [1.54, 1.807) is 29.2 Å². The summed E-state index contributed by atoms with van der Waals surface area (Å²) in [6.45, 7) is 4.37. The van der Waals surface area contributed by atoms with Crippen molar-refractivity contribution in [1.29, 1.82) is 0 Å². The number of likely N-dealkylation sites (tertiary alicyclic amines) is 1. The summed E-state index contributed by atoms with van der Waals surface area (Å²) in [5.74, 6) is -0.235. The van der Waals surface area contributed by atoms with Crippen LogP contribution in [0.5, 0.6) is 0 Å². The molecule has 1 aliphatic heterocycles. The second-order valence-corrected chi connectivity index (χ2v) is 11.5. The van der Waals surface area contributed by atoms with Crippen LogP contribution in [0.1, 0.15) is 78.4 Å². The molecule has 2 aliphatic rings. The van der Waals surface area contributed by atoms with E-state index in [4.69, 9.17) is 0 Å². The third-order valence-corrected chi connectivity index (χ3v) is 8.82. The second kappa shape index (κ2) is 12.7. The minimum atomic E-state index is -4.56. The summed E-state index contributed by atoms with van der Waals surface area (Å²) < 4.78 is 41.2. The van der Waals surface area contributed by atoms with E-state index < -0.39 is 17.6 Å². The van der Waals surface area contributed by atoms with Gasteiger partial charge in [0.2, 0.25) is 5.91 Å². The number of carbonyl (C=O) groups is 2. The Hall–Kier alpha value is -3.65. The summed E-state index contributed by atoms with van der Waals surface area (Å²) in [4.78, 5) is 30.1. The van der Waals surface area contributed by atoms with Crippen molar-refractivity contribution < 1.29 is 22.8 Å². The molecule has 2 unspecified atom stereocenters. The number of amides is 2. The molecule has 3 aromatic carbocycles. The van der Waals surface area contributed by atoms with Crippen LogP contribution in [-0.2, 0) is 11.0 Å². The van der Waals surface area contributed by atoms with Gasteiger partial charge in [-0.3, -0.25) is 14.5 Å². The number of carbonyl (C=O) groups excluding carboxylic acids is 2. The molecule has 2 fully saturated rings. The fourth-order valence-electron chi connectivity index (χ4n) is 6.85. The first-order valence-electron chi connectivity index (χ1n) is 14.8. The van der Waals surface area contributed by atoms with Crippen LogP contribution in [0.25, 0.3) is 0 Å². The molecule has 0 bridgehead atoms.